The van der Waals surface area contributed by atoms with Gasteiger partial charge in [0, 0.05) is 55.7 Å². The van der Waals surface area contributed by atoms with Gasteiger partial charge >= 0.3 is 5.69 Å². The fourth-order valence-electron chi connectivity index (χ4n) is 3.55. The first kappa shape index (κ1) is 17.1. The van der Waals surface area contributed by atoms with Crippen LogP contribution >= 0.6 is 11.3 Å². The summed E-state index contributed by atoms with van der Waals surface area (Å²) in [5.74, 6) is 0. The SMILES string of the molecule is Cc1ccccc1N1CCN(CCn2c(=O)[nH]c3cscc3c2=O)CC1. The number of aromatic nitrogens is 2. The highest BCUT2D eigenvalue weighted by molar-refractivity contribution is 7.09. The molecule has 1 saturated heterocycles. The molecule has 0 spiro atoms. The number of nitrogens with one attached hydrogen (secondary N) is 1. The van der Waals surface area contributed by atoms with Crippen molar-refractivity contribution < 1.29 is 0 Å². The number of aromatic amines is 1. The number of aryl methyl sites for hydroxylation is 1. The predicted octanol–water partition coefficient (Wildman–Crippen LogP) is 1.88. The van der Waals surface area contributed by atoms with Crippen LogP contribution in [0.3, 0.4) is 0 Å². The molecule has 0 atom stereocenters. The van der Waals surface area contributed by atoms with Gasteiger partial charge < -0.3 is 9.88 Å². The van der Waals surface area contributed by atoms with Crippen LogP contribution in [-0.2, 0) is 6.54 Å². The van der Waals surface area contributed by atoms with Gasteiger partial charge in [-0.25, -0.2) is 4.79 Å². The van der Waals surface area contributed by atoms with E-state index in [1.54, 1.807) is 10.8 Å². The van der Waals surface area contributed by atoms with E-state index in [0.717, 1.165) is 26.2 Å². The van der Waals surface area contributed by atoms with Gasteiger partial charge in [0.2, 0.25) is 0 Å². The van der Waals surface area contributed by atoms with Crippen LogP contribution in [0.15, 0.2) is 44.6 Å². The number of benzene rings is 1. The summed E-state index contributed by atoms with van der Waals surface area (Å²) in [6.07, 6.45) is 0. The van der Waals surface area contributed by atoms with E-state index in [9.17, 15) is 9.59 Å². The maximum absolute atomic E-state index is 12.5. The number of fused-ring (bicyclic) bond motifs is 1. The molecule has 1 N–H and O–H groups in total. The summed E-state index contributed by atoms with van der Waals surface area (Å²) < 4.78 is 1.32. The Morgan fingerprint density at radius 2 is 1.81 bits per heavy atom. The van der Waals surface area contributed by atoms with E-state index in [4.69, 9.17) is 0 Å². The number of rotatable bonds is 4. The molecular weight excluding hydrogens is 348 g/mol. The van der Waals surface area contributed by atoms with Crippen molar-refractivity contribution in [2.45, 2.75) is 13.5 Å². The number of H-pyrrole nitrogens is 1. The first-order valence-electron chi connectivity index (χ1n) is 8.85. The molecule has 1 aliphatic heterocycles. The Hall–Kier alpha value is -2.38. The van der Waals surface area contributed by atoms with Crippen LogP contribution in [0.2, 0.25) is 0 Å². The Balaban J connectivity index is 1.41. The number of thiophene rings is 1. The van der Waals surface area contributed by atoms with Crippen molar-refractivity contribution in [2.24, 2.45) is 0 Å². The lowest BCUT2D eigenvalue weighted by atomic mass is 10.1. The van der Waals surface area contributed by atoms with E-state index < -0.39 is 0 Å². The standard InChI is InChI=1S/C19H22N4O2S/c1-14-4-2-3-5-17(14)22-9-6-21(7-10-22)8-11-23-18(24)15-12-26-13-16(15)20-19(23)25/h2-5,12-13H,6-11H2,1H3,(H,20,25). The molecule has 1 aliphatic rings. The number of nitrogens with zero attached hydrogens (tertiary/aromatic N) is 3. The monoisotopic (exact) mass is 370 g/mol. The summed E-state index contributed by atoms with van der Waals surface area (Å²) in [5, 5.41) is 4.19. The van der Waals surface area contributed by atoms with E-state index in [0.29, 0.717) is 24.0 Å². The lowest BCUT2D eigenvalue weighted by Crippen LogP contribution is -2.48. The molecular formula is C19H22N4O2S. The van der Waals surface area contributed by atoms with Crippen LogP contribution in [0.5, 0.6) is 0 Å². The Kier molecular flexibility index (Phi) is 4.65. The van der Waals surface area contributed by atoms with Crippen LogP contribution in [0.4, 0.5) is 5.69 Å². The van der Waals surface area contributed by atoms with Gasteiger partial charge in [-0.15, -0.1) is 11.3 Å². The Bertz CT molecular complexity index is 1030. The first-order valence-corrected chi connectivity index (χ1v) is 9.80. The van der Waals surface area contributed by atoms with Crippen LogP contribution in [-0.4, -0.2) is 47.2 Å². The topological polar surface area (TPSA) is 61.3 Å². The molecule has 0 radical (unpaired) electrons. The lowest BCUT2D eigenvalue weighted by Gasteiger charge is -2.36. The molecule has 0 aliphatic carbocycles. The molecule has 0 bridgehead atoms. The Morgan fingerprint density at radius 3 is 2.58 bits per heavy atom. The van der Waals surface area contributed by atoms with E-state index in [-0.39, 0.29) is 11.2 Å². The lowest BCUT2D eigenvalue weighted by molar-refractivity contribution is 0.246. The van der Waals surface area contributed by atoms with Gasteiger partial charge in [-0.2, -0.15) is 0 Å². The summed E-state index contributed by atoms with van der Waals surface area (Å²) >= 11 is 1.43. The molecule has 3 heterocycles. The third-order valence-electron chi connectivity index (χ3n) is 5.09. The normalized spacial score (nSPS) is 15.7. The predicted molar refractivity (Wildman–Crippen MR) is 107 cm³/mol. The second kappa shape index (κ2) is 7.09. The Labute approximate surface area is 155 Å². The second-order valence-corrected chi connectivity index (χ2v) is 7.44. The molecule has 0 unspecified atom stereocenters. The van der Waals surface area contributed by atoms with Gasteiger partial charge in [0.15, 0.2) is 0 Å². The fourth-order valence-corrected chi connectivity index (χ4v) is 4.31. The van der Waals surface area contributed by atoms with Crippen molar-refractivity contribution in [1.29, 1.82) is 0 Å². The highest BCUT2D eigenvalue weighted by Crippen LogP contribution is 2.20. The van der Waals surface area contributed by atoms with E-state index in [2.05, 4.69) is 46.0 Å². The smallest absolute Gasteiger partial charge is 0.328 e. The van der Waals surface area contributed by atoms with Crippen LogP contribution in [0.1, 0.15) is 5.56 Å². The number of hydrogen-bond acceptors (Lipinski definition) is 5. The fraction of sp³-hybridized carbons (Fsp3) is 0.368. The minimum absolute atomic E-state index is 0.191. The summed E-state index contributed by atoms with van der Waals surface area (Å²) in [4.78, 5) is 32.2. The van der Waals surface area contributed by atoms with Crippen molar-refractivity contribution in [1.82, 2.24) is 14.5 Å². The first-order chi connectivity index (χ1) is 12.6. The molecule has 2 aromatic heterocycles. The maximum atomic E-state index is 12.5. The highest BCUT2D eigenvalue weighted by atomic mass is 32.1. The van der Waals surface area contributed by atoms with Gasteiger partial charge in [0.1, 0.15) is 0 Å². The zero-order valence-corrected chi connectivity index (χ0v) is 15.6. The quantitative estimate of drug-likeness (QED) is 0.762. The molecule has 26 heavy (non-hydrogen) atoms. The van der Waals surface area contributed by atoms with Gasteiger partial charge in [0.05, 0.1) is 10.9 Å². The van der Waals surface area contributed by atoms with Crippen LogP contribution < -0.4 is 16.1 Å². The second-order valence-electron chi connectivity index (χ2n) is 6.70. The van der Waals surface area contributed by atoms with Crippen molar-refractivity contribution in [2.75, 3.05) is 37.6 Å². The summed E-state index contributed by atoms with van der Waals surface area (Å²) in [5.41, 5.74) is 2.71. The third-order valence-corrected chi connectivity index (χ3v) is 5.84. The summed E-state index contributed by atoms with van der Waals surface area (Å²) in [6.45, 7) is 7.05. The van der Waals surface area contributed by atoms with Crippen LogP contribution in [0.25, 0.3) is 10.9 Å². The van der Waals surface area contributed by atoms with E-state index >= 15 is 0 Å². The van der Waals surface area contributed by atoms with Crippen LogP contribution in [0, 0.1) is 6.92 Å². The minimum atomic E-state index is -0.320. The molecule has 1 fully saturated rings. The average Bonchev–Trinajstić information content (AvgIpc) is 3.11. The third kappa shape index (κ3) is 3.20. The molecule has 1 aromatic carbocycles. The highest BCUT2D eigenvalue weighted by Gasteiger charge is 2.18. The molecule has 4 rings (SSSR count). The zero-order valence-electron chi connectivity index (χ0n) is 14.8. The maximum Gasteiger partial charge on any atom is 0.328 e. The molecule has 0 saturated carbocycles. The van der Waals surface area contributed by atoms with Gasteiger partial charge in [-0.3, -0.25) is 14.3 Å². The summed E-state index contributed by atoms with van der Waals surface area (Å²) in [7, 11) is 0. The van der Waals surface area contributed by atoms with Crippen molar-refractivity contribution in [3.05, 3.63) is 61.4 Å². The average molecular weight is 370 g/mol. The van der Waals surface area contributed by atoms with Gasteiger partial charge in [-0.1, -0.05) is 18.2 Å². The van der Waals surface area contributed by atoms with Gasteiger partial charge in [0.25, 0.3) is 5.56 Å². The minimum Gasteiger partial charge on any atom is -0.369 e. The molecule has 7 heteroatoms. The van der Waals surface area contributed by atoms with Crippen molar-refractivity contribution in [3.8, 4) is 0 Å². The zero-order chi connectivity index (χ0) is 18.1. The largest absolute Gasteiger partial charge is 0.369 e. The van der Waals surface area contributed by atoms with E-state index in [1.165, 1.54) is 27.2 Å². The van der Waals surface area contributed by atoms with Crippen molar-refractivity contribution in [3.63, 3.8) is 0 Å². The number of piperazine rings is 1. The molecule has 3 aromatic rings. The molecule has 6 nitrogen and oxygen atoms in total. The number of anilines is 1. The summed E-state index contributed by atoms with van der Waals surface area (Å²) in [6, 6.07) is 8.45. The molecule has 0 amide bonds. The van der Waals surface area contributed by atoms with Crippen molar-refractivity contribution >= 4 is 27.9 Å². The Morgan fingerprint density at radius 1 is 1.04 bits per heavy atom. The number of para-hydroxylation sites is 1. The number of hydrogen-bond donors (Lipinski definition) is 1. The van der Waals surface area contributed by atoms with E-state index in [1.807, 2.05) is 0 Å². The van der Waals surface area contributed by atoms with Gasteiger partial charge in [-0.05, 0) is 18.6 Å². The molecule has 136 valence electrons.